The van der Waals surface area contributed by atoms with Crippen molar-refractivity contribution in [3.63, 3.8) is 0 Å². The van der Waals surface area contributed by atoms with E-state index in [1.54, 1.807) is 11.3 Å². The van der Waals surface area contributed by atoms with Gasteiger partial charge in [-0.1, -0.05) is 37.6 Å². The van der Waals surface area contributed by atoms with Crippen LogP contribution < -0.4 is 5.32 Å². The molecule has 18 heavy (non-hydrogen) atoms. The van der Waals surface area contributed by atoms with Crippen molar-refractivity contribution in [2.45, 2.75) is 26.4 Å². The molecule has 1 aromatic heterocycles. The van der Waals surface area contributed by atoms with Crippen LogP contribution in [0.25, 0.3) is 11.1 Å². The minimum absolute atomic E-state index is 0.481. The first-order valence-corrected chi connectivity index (χ1v) is 7.93. The van der Waals surface area contributed by atoms with Crippen molar-refractivity contribution in [2.24, 2.45) is 0 Å². The van der Waals surface area contributed by atoms with E-state index in [1.165, 1.54) is 5.56 Å². The lowest BCUT2D eigenvalue weighted by atomic mass is 10.1. The molecule has 0 aliphatic heterocycles. The van der Waals surface area contributed by atoms with Gasteiger partial charge >= 0.3 is 0 Å². The van der Waals surface area contributed by atoms with Gasteiger partial charge in [-0.2, -0.15) is 11.3 Å². The molecule has 1 nitrogen and oxygen atoms in total. The van der Waals surface area contributed by atoms with Crippen LogP contribution in [-0.2, 0) is 6.54 Å². The molecule has 0 bridgehead atoms. The first kappa shape index (κ1) is 14.1. The van der Waals surface area contributed by atoms with E-state index in [4.69, 9.17) is 11.6 Å². The quantitative estimate of drug-likeness (QED) is 0.790. The van der Waals surface area contributed by atoms with Gasteiger partial charge in [-0.3, -0.25) is 0 Å². The summed E-state index contributed by atoms with van der Waals surface area (Å²) in [7, 11) is 0. The van der Waals surface area contributed by atoms with Gasteiger partial charge in [-0.25, -0.2) is 0 Å². The van der Waals surface area contributed by atoms with E-state index in [-0.39, 0.29) is 0 Å². The average Bonchev–Trinajstić information content (AvgIpc) is 2.73. The predicted octanol–water partition coefficient (Wildman–Crippen LogP) is 5.33. The maximum Gasteiger partial charge on any atom is 0.0488 e. The summed E-state index contributed by atoms with van der Waals surface area (Å²) >= 11 is 11.6. The molecule has 2 aromatic rings. The topological polar surface area (TPSA) is 12.0 Å². The summed E-state index contributed by atoms with van der Waals surface area (Å²) in [6.07, 6.45) is 0. The minimum atomic E-state index is 0.481. The molecule has 0 spiro atoms. The van der Waals surface area contributed by atoms with Crippen molar-refractivity contribution in [1.82, 2.24) is 5.32 Å². The second-order valence-electron chi connectivity index (χ2n) is 4.48. The van der Waals surface area contributed by atoms with Gasteiger partial charge in [0.25, 0.3) is 0 Å². The van der Waals surface area contributed by atoms with Gasteiger partial charge in [0.15, 0.2) is 0 Å². The monoisotopic (exact) mass is 343 g/mol. The number of hydrogen-bond acceptors (Lipinski definition) is 2. The van der Waals surface area contributed by atoms with Crippen molar-refractivity contribution in [3.8, 4) is 11.1 Å². The maximum atomic E-state index is 6.36. The summed E-state index contributed by atoms with van der Waals surface area (Å²) in [5.41, 5.74) is 3.45. The summed E-state index contributed by atoms with van der Waals surface area (Å²) in [5, 5.41) is 8.37. The molecule has 0 aliphatic carbocycles. The molecule has 0 radical (unpaired) electrons. The summed E-state index contributed by atoms with van der Waals surface area (Å²) in [4.78, 5) is 0. The van der Waals surface area contributed by atoms with Crippen LogP contribution in [0.2, 0.25) is 5.02 Å². The summed E-state index contributed by atoms with van der Waals surface area (Å²) in [6, 6.07) is 6.73. The SMILES string of the molecule is CC(C)NCc1ccc(-c2cscc2Br)c(Cl)c1. The lowest BCUT2D eigenvalue weighted by molar-refractivity contribution is 0.589. The zero-order valence-electron chi connectivity index (χ0n) is 10.3. The fourth-order valence-corrected chi connectivity index (χ4v) is 3.50. The van der Waals surface area contributed by atoms with Gasteiger partial charge < -0.3 is 5.32 Å². The third-order valence-corrected chi connectivity index (χ3v) is 4.67. The number of rotatable bonds is 4. The van der Waals surface area contributed by atoms with E-state index in [2.05, 4.69) is 58.0 Å². The zero-order chi connectivity index (χ0) is 13.1. The van der Waals surface area contributed by atoms with Gasteiger partial charge in [-0.05, 0) is 32.9 Å². The molecule has 1 N–H and O–H groups in total. The Labute approximate surface area is 125 Å². The Morgan fingerprint density at radius 2 is 2.06 bits per heavy atom. The second-order valence-corrected chi connectivity index (χ2v) is 6.49. The first-order valence-electron chi connectivity index (χ1n) is 5.82. The molecule has 2 rings (SSSR count). The van der Waals surface area contributed by atoms with Crippen LogP contribution in [0.1, 0.15) is 19.4 Å². The molecule has 4 heteroatoms. The predicted molar refractivity (Wildman–Crippen MR) is 84.4 cm³/mol. The van der Waals surface area contributed by atoms with Gasteiger partial charge in [0.2, 0.25) is 0 Å². The van der Waals surface area contributed by atoms with Crippen molar-refractivity contribution in [3.05, 3.63) is 44.0 Å². The van der Waals surface area contributed by atoms with E-state index >= 15 is 0 Å². The molecule has 0 amide bonds. The smallest absolute Gasteiger partial charge is 0.0488 e. The van der Waals surface area contributed by atoms with Crippen LogP contribution >= 0.6 is 38.9 Å². The highest BCUT2D eigenvalue weighted by Crippen LogP contribution is 2.36. The largest absolute Gasteiger partial charge is 0.310 e. The summed E-state index contributed by atoms with van der Waals surface area (Å²) in [6.45, 7) is 5.12. The van der Waals surface area contributed by atoms with E-state index in [0.717, 1.165) is 27.2 Å². The normalized spacial score (nSPS) is 11.2. The molecule has 0 saturated carbocycles. The molecule has 0 aliphatic rings. The Morgan fingerprint density at radius 1 is 1.28 bits per heavy atom. The van der Waals surface area contributed by atoms with Crippen LogP contribution in [0.5, 0.6) is 0 Å². The second kappa shape index (κ2) is 6.20. The lowest BCUT2D eigenvalue weighted by Crippen LogP contribution is -2.21. The van der Waals surface area contributed by atoms with Gasteiger partial charge in [0, 0.05) is 38.6 Å². The average molecular weight is 345 g/mol. The highest BCUT2D eigenvalue weighted by atomic mass is 79.9. The molecule has 1 aromatic carbocycles. The molecule has 0 fully saturated rings. The fraction of sp³-hybridized carbons (Fsp3) is 0.286. The Bertz CT molecular complexity index is 536. The van der Waals surface area contributed by atoms with Crippen LogP contribution in [0.15, 0.2) is 33.4 Å². The first-order chi connectivity index (χ1) is 8.58. The molecular formula is C14H15BrClNS. The number of nitrogens with one attached hydrogen (secondary N) is 1. The van der Waals surface area contributed by atoms with Gasteiger partial charge in [0.1, 0.15) is 0 Å². The molecule has 0 unspecified atom stereocenters. The highest BCUT2D eigenvalue weighted by Gasteiger charge is 2.09. The standard InChI is InChI=1S/C14H15BrClNS/c1-9(2)17-6-10-3-4-11(14(16)5-10)12-7-18-8-13(12)15/h3-5,7-9,17H,6H2,1-2H3. The minimum Gasteiger partial charge on any atom is -0.310 e. The van der Waals surface area contributed by atoms with Crippen LogP contribution in [0.4, 0.5) is 0 Å². The number of hydrogen-bond donors (Lipinski definition) is 1. The van der Waals surface area contributed by atoms with E-state index in [0.29, 0.717) is 6.04 Å². The van der Waals surface area contributed by atoms with Crippen molar-refractivity contribution >= 4 is 38.9 Å². The Balaban J connectivity index is 2.23. The Morgan fingerprint density at radius 3 is 2.61 bits per heavy atom. The number of thiophene rings is 1. The Hall–Kier alpha value is -0.350. The lowest BCUT2D eigenvalue weighted by Gasteiger charge is -2.10. The van der Waals surface area contributed by atoms with Crippen molar-refractivity contribution < 1.29 is 0 Å². The van der Waals surface area contributed by atoms with Gasteiger partial charge in [-0.15, -0.1) is 0 Å². The van der Waals surface area contributed by atoms with E-state index in [9.17, 15) is 0 Å². The highest BCUT2D eigenvalue weighted by molar-refractivity contribution is 9.10. The van der Waals surface area contributed by atoms with Crippen LogP contribution in [-0.4, -0.2) is 6.04 Å². The van der Waals surface area contributed by atoms with Crippen LogP contribution in [0, 0.1) is 0 Å². The van der Waals surface area contributed by atoms with Gasteiger partial charge in [0.05, 0.1) is 0 Å². The fourth-order valence-electron chi connectivity index (χ4n) is 1.68. The summed E-state index contributed by atoms with van der Waals surface area (Å²) in [5.74, 6) is 0. The molecule has 1 heterocycles. The molecular weight excluding hydrogens is 330 g/mol. The zero-order valence-corrected chi connectivity index (χ0v) is 13.5. The molecule has 0 saturated heterocycles. The van der Waals surface area contributed by atoms with E-state index < -0.39 is 0 Å². The third-order valence-electron chi connectivity index (χ3n) is 2.65. The number of halogens is 2. The maximum absolute atomic E-state index is 6.36. The number of benzene rings is 1. The molecule has 96 valence electrons. The van der Waals surface area contributed by atoms with E-state index in [1.807, 2.05) is 6.07 Å². The van der Waals surface area contributed by atoms with Crippen molar-refractivity contribution in [1.29, 1.82) is 0 Å². The summed E-state index contributed by atoms with van der Waals surface area (Å²) < 4.78 is 1.10. The molecule has 0 atom stereocenters. The van der Waals surface area contributed by atoms with Crippen molar-refractivity contribution in [2.75, 3.05) is 0 Å². The third kappa shape index (κ3) is 3.35. The van der Waals surface area contributed by atoms with Crippen LogP contribution in [0.3, 0.4) is 0 Å². The Kier molecular flexibility index (Phi) is 4.84.